The van der Waals surface area contributed by atoms with Crippen LogP contribution in [0.4, 0.5) is 0 Å². The largest absolute Gasteiger partial charge is 0.312 e. The van der Waals surface area contributed by atoms with Crippen molar-refractivity contribution in [1.82, 2.24) is 10.2 Å². The number of likely N-dealkylation sites (N-methyl/N-ethyl adjacent to an activating group) is 1. The van der Waals surface area contributed by atoms with Crippen molar-refractivity contribution < 1.29 is 0 Å². The van der Waals surface area contributed by atoms with Gasteiger partial charge in [-0.2, -0.15) is 0 Å². The smallest absolute Gasteiger partial charge is 0.0226 e. The minimum absolute atomic E-state index is 0.791. The SMILES string of the molecule is CCCCN(C)CC1NCC2CCCC21. The quantitative estimate of drug-likeness (QED) is 0.747. The molecule has 2 rings (SSSR count). The molecule has 3 atom stereocenters. The fourth-order valence-electron chi connectivity index (χ4n) is 3.36. The zero-order chi connectivity index (χ0) is 10.7. The molecule has 3 unspecified atom stereocenters. The van der Waals surface area contributed by atoms with Crippen LogP contribution in [0.25, 0.3) is 0 Å². The van der Waals surface area contributed by atoms with Crippen molar-refractivity contribution in [3.8, 4) is 0 Å². The van der Waals surface area contributed by atoms with E-state index < -0.39 is 0 Å². The number of hydrogen-bond acceptors (Lipinski definition) is 2. The number of fused-ring (bicyclic) bond motifs is 1. The van der Waals surface area contributed by atoms with E-state index >= 15 is 0 Å². The topological polar surface area (TPSA) is 15.3 Å². The van der Waals surface area contributed by atoms with Crippen LogP contribution in [-0.2, 0) is 0 Å². The molecule has 2 nitrogen and oxygen atoms in total. The fourth-order valence-corrected chi connectivity index (χ4v) is 3.36. The summed E-state index contributed by atoms with van der Waals surface area (Å²) >= 11 is 0. The van der Waals surface area contributed by atoms with Gasteiger partial charge in [0.05, 0.1) is 0 Å². The predicted molar refractivity (Wildman–Crippen MR) is 65.0 cm³/mol. The highest BCUT2D eigenvalue weighted by Crippen LogP contribution is 2.37. The van der Waals surface area contributed by atoms with Crippen molar-refractivity contribution in [2.45, 2.75) is 45.1 Å². The second kappa shape index (κ2) is 5.31. The maximum Gasteiger partial charge on any atom is 0.0226 e. The molecule has 0 bridgehead atoms. The van der Waals surface area contributed by atoms with Crippen molar-refractivity contribution in [1.29, 1.82) is 0 Å². The van der Waals surface area contributed by atoms with Gasteiger partial charge in [-0.05, 0) is 51.2 Å². The molecular weight excluding hydrogens is 184 g/mol. The van der Waals surface area contributed by atoms with Crippen LogP contribution in [0.1, 0.15) is 39.0 Å². The Hall–Kier alpha value is -0.0800. The monoisotopic (exact) mass is 210 g/mol. The van der Waals surface area contributed by atoms with Gasteiger partial charge in [-0.25, -0.2) is 0 Å². The average Bonchev–Trinajstić information content (AvgIpc) is 2.80. The summed E-state index contributed by atoms with van der Waals surface area (Å²) in [5.41, 5.74) is 0. The van der Waals surface area contributed by atoms with Gasteiger partial charge in [0.15, 0.2) is 0 Å². The van der Waals surface area contributed by atoms with Gasteiger partial charge in [-0.15, -0.1) is 0 Å². The minimum Gasteiger partial charge on any atom is -0.312 e. The molecule has 2 aliphatic rings. The standard InChI is InChI=1S/C13H26N2/c1-3-4-8-15(2)10-13-12-7-5-6-11(12)9-14-13/h11-14H,3-10H2,1-2H3. The summed E-state index contributed by atoms with van der Waals surface area (Å²) in [4.78, 5) is 2.52. The van der Waals surface area contributed by atoms with Gasteiger partial charge in [0.1, 0.15) is 0 Å². The van der Waals surface area contributed by atoms with Crippen molar-refractivity contribution >= 4 is 0 Å². The highest BCUT2D eigenvalue weighted by molar-refractivity contribution is 4.95. The molecule has 1 aliphatic carbocycles. The minimum atomic E-state index is 0.791. The molecule has 0 aromatic heterocycles. The molecule has 0 amide bonds. The third-order valence-electron chi connectivity index (χ3n) is 4.28. The Bertz CT molecular complexity index is 193. The number of nitrogens with zero attached hydrogens (tertiary/aromatic N) is 1. The van der Waals surface area contributed by atoms with Gasteiger partial charge < -0.3 is 10.2 Å². The molecule has 1 heterocycles. The zero-order valence-electron chi connectivity index (χ0n) is 10.3. The molecule has 1 aliphatic heterocycles. The van der Waals surface area contributed by atoms with Gasteiger partial charge in [0, 0.05) is 12.6 Å². The number of nitrogens with one attached hydrogen (secondary N) is 1. The number of hydrogen-bond donors (Lipinski definition) is 1. The van der Waals surface area contributed by atoms with Gasteiger partial charge in [0.25, 0.3) is 0 Å². The maximum atomic E-state index is 3.72. The zero-order valence-corrected chi connectivity index (χ0v) is 10.3. The highest BCUT2D eigenvalue weighted by Gasteiger charge is 2.38. The van der Waals surface area contributed by atoms with Crippen LogP contribution in [0.15, 0.2) is 0 Å². The first kappa shape index (κ1) is 11.4. The molecule has 0 radical (unpaired) electrons. The summed E-state index contributed by atoms with van der Waals surface area (Å²) in [6, 6.07) is 0.791. The lowest BCUT2D eigenvalue weighted by Crippen LogP contribution is -2.39. The Kier molecular flexibility index (Phi) is 4.04. The Morgan fingerprint density at radius 2 is 2.20 bits per heavy atom. The van der Waals surface area contributed by atoms with Crippen molar-refractivity contribution in [3.05, 3.63) is 0 Å². The molecule has 15 heavy (non-hydrogen) atoms. The fraction of sp³-hybridized carbons (Fsp3) is 1.00. The first-order chi connectivity index (χ1) is 7.31. The molecule has 88 valence electrons. The third kappa shape index (κ3) is 2.73. The Morgan fingerprint density at radius 1 is 1.33 bits per heavy atom. The lowest BCUT2D eigenvalue weighted by molar-refractivity contribution is 0.262. The summed E-state index contributed by atoms with van der Waals surface area (Å²) in [5.74, 6) is 2.00. The van der Waals surface area contributed by atoms with E-state index in [-0.39, 0.29) is 0 Å². The molecule has 1 saturated heterocycles. The first-order valence-corrected chi connectivity index (χ1v) is 6.73. The number of rotatable bonds is 5. The molecule has 2 heteroatoms. The van der Waals surface area contributed by atoms with Crippen LogP contribution in [0.3, 0.4) is 0 Å². The van der Waals surface area contributed by atoms with Crippen LogP contribution in [0, 0.1) is 11.8 Å². The van der Waals surface area contributed by atoms with Crippen LogP contribution in [-0.4, -0.2) is 37.6 Å². The van der Waals surface area contributed by atoms with Gasteiger partial charge >= 0.3 is 0 Å². The second-order valence-corrected chi connectivity index (χ2v) is 5.49. The molecule has 1 N–H and O–H groups in total. The Labute approximate surface area is 94.4 Å². The number of unbranched alkanes of at least 4 members (excludes halogenated alkanes) is 1. The van der Waals surface area contributed by atoms with E-state index in [9.17, 15) is 0 Å². The van der Waals surface area contributed by atoms with Crippen molar-refractivity contribution in [2.24, 2.45) is 11.8 Å². The lowest BCUT2D eigenvalue weighted by Gasteiger charge is -2.24. The van der Waals surface area contributed by atoms with Gasteiger partial charge in [-0.1, -0.05) is 19.8 Å². The molecular formula is C13H26N2. The average molecular weight is 210 g/mol. The van der Waals surface area contributed by atoms with E-state index in [0.717, 1.165) is 17.9 Å². The van der Waals surface area contributed by atoms with Crippen molar-refractivity contribution in [3.63, 3.8) is 0 Å². The van der Waals surface area contributed by atoms with E-state index in [0.29, 0.717) is 0 Å². The first-order valence-electron chi connectivity index (χ1n) is 6.73. The summed E-state index contributed by atoms with van der Waals surface area (Å²) in [6.07, 6.45) is 7.09. The van der Waals surface area contributed by atoms with Gasteiger partial charge in [-0.3, -0.25) is 0 Å². The van der Waals surface area contributed by atoms with E-state index in [1.807, 2.05) is 0 Å². The van der Waals surface area contributed by atoms with Crippen LogP contribution >= 0.6 is 0 Å². The van der Waals surface area contributed by atoms with Crippen LogP contribution in [0.2, 0.25) is 0 Å². The summed E-state index contributed by atoms with van der Waals surface area (Å²) in [5, 5.41) is 3.72. The summed E-state index contributed by atoms with van der Waals surface area (Å²) < 4.78 is 0. The summed E-state index contributed by atoms with van der Waals surface area (Å²) in [6.45, 7) is 6.10. The van der Waals surface area contributed by atoms with Crippen LogP contribution in [0.5, 0.6) is 0 Å². The lowest BCUT2D eigenvalue weighted by atomic mass is 9.94. The Morgan fingerprint density at radius 3 is 3.00 bits per heavy atom. The van der Waals surface area contributed by atoms with E-state index in [2.05, 4.69) is 24.2 Å². The van der Waals surface area contributed by atoms with Crippen LogP contribution < -0.4 is 5.32 Å². The molecule has 0 spiro atoms. The normalized spacial score (nSPS) is 35.0. The van der Waals surface area contributed by atoms with Crippen molar-refractivity contribution in [2.75, 3.05) is 26.7 Å². The Balaban J connectivity index is 1.74. The van der Waals surface area contributed by atoms with Gasteiger partial charge in [0.2, 0.25) is 0 Å². The molecule has 1 saturated carbocycles. The van der Waals surface area contributed by atoms with E-state index in [4.69, 9.17) is 0 Å². The summed E-state index contributed by atoms with van der Waals surface area (Å²) in [7, 11) is 2.28. The molecule has 0 aromatic rings. The molecule has 0 aromatic carbocycles. The molecule has 2 fully saturated rings. The van der Waals surface area contributed by atoms with E-state index in [1.54, 1.807) is 0 Å². The highest BCUT2D eigenvalue weighted by atomic mass is 15.1. The maximum absolute atomic E-state index is 3.72. The second-order valence-electron chi connectivity index (χ2n) is 5.49. The van der Waals surface area contributed by atoms with E-state index in [1.165, 1.54) is 51.7 Å². The third-order valence-corrected chi connectivity index (χ3v) is 4.28. The predicted octanol–water partition coefficient (Wildman–Crippen LogP) is 2.11.